The molecule has 3 amide bonds. The highest BCUT2D eigenvalue weighted by atomic mass is 32.1. The van der Waals surface area contributed by atoms with Gasteiger partial charge in [-0.1, -0.05) is 54.6 Å². The SMILES string of the molecule is CCOC(=O)c1c(-c2ccc(-c3ccccc3)cc2)csc1NC(=O)c1ccc(N2C(=O)CCC2=O)cc1. The van der Waals surface area contributed by atoms with Crippen LogP contribution in [-0.2, 0) is 14.3 Å². The number of thiophene rings is 1. The third-order valence-electron chi connectivity index (χ3n) is 6.24. The van der Waals surface area contributed by atoms with Crippen LogP contribution < -0.4 is 10.2 Å². The molecule has 0 atom stereocenters. The number of imide groups is 1. The minimum atomic E-state index is -0.521. The van der Waals surface area contributed by atoms with Gasteiger partial charge in [-0.25, -0.2) is 4.79 Å². The van der Waals surface area contributed by atoms with E-state index in [1.807, 2.05) is 60.0 Å². The number of rotatable bonds is 7. The van der Waals surface area contributed by atoms with Crippen molar-refractivity contribution in [2.75, 3.05) is 16.8 Å². The van der Waals surface area contributed by atoms with E-state index in [1.165, 1.54) is 11.3 Å². The molecule has 0 radical (unpaired) electrons. The first kappa shape index (κ1) is 25.1. The number of anilines is 2. The second kappa shape index (κ2) is 10.8. The van der Waals surface area contributed by atoms with Gasteiger partial charge in [0.2, 0.25) is 11.8 Å². The van der Waals surface area contributed by atoms with E-state index < -0.39 is 11.9 Å². The highest BCUT2D eigenvalue weighted by Gasteiger charge is 2.30. The summed E-state index contributed by atoms with van der Waals surface area (Å²) in [6, 6.07) is 24.1. The minimum absolute atomic E-state index is 0.188. The van der Waals surface area contributed by atoms with E-state index in [2.05, 4.69) is 5.32 Å². The van der Waals surface area contributed by atoms with Crippen molar-refractivity contribution in [3.63, 3.8) is 0 Å². The van der Waals surface area contributed by atoms with Gasteiger partial charge in [0.1, 0.15) is 10.6 Å². The van der Waals surface area contributed by atoms with Gasteiger partial charge in [-0.15, -0.1) is 11.3 Å². The normalized spacial score (nSPS) is 13.0. The summed E-state index contributed by atoms with van der Waals surface area (Å²) in [4.78, 5) is 51.1. The van der Waals surface area contributed by atoms with Gasteiger partial charge in [-0.2, -0.15) is 0 Å². The molecule has 7 nitrogen and oxygen atoms in total. The Kier molecular flexibility index (Phi) is 7.15. The van der Waals surface area contributed by atoms with Gasteiger partial charge in [-0.05, 0) is 47.9 Å². The zero-order valence-corrected chi connectivity index (χ0v) is 21.4. The van der Waals surface area contributed by atoms with Crippen molar-refractivity contribution in [1.29, 1.82) is 0 Å². The van der Waals surface area contributed by atoms with Gasteiger partial charge >= 0.3 is 5.97 Å². The number of carbonyl (C=O) groups is 4. The largest absolute Gasteiger partial charge is 0.462 e. The highest BCUT2D eigenvalue weighted by Crippen LogP contribution is 2.37. The molecule has 0 bridgehead atoms. The first-order valence-corrected chi connectivity index (χ1v) is 13.1. The van der Waals surface area contributed by atoms with Crippen LogP contribution >= 0.6 is 11.3 Å². The fourth-order valence-corrected chi connectivity index (χ4v) is 5.30. The molecule has 1 N–H and O–H groups in total. The van der Waals surface area contributed by atoms with Crippen molar-refractivity contribution >= 4 is 45.7 Å². The lowest BCUT2D eigenvalue weighted by atomic mass is 9.99. The monoisotopic (exact) mass is 524 g/mol. The lowest BCUT2D eigenvalue weighted by molar-refractivity contribution is -0.121. The molecular weight excluding hydrogens is 500 g/mol. The molecule has 8 heteroatoms. The molecule has 3 aromatic carbocycles. The summed E-state index contributed by atoms with van der Waals surface area (Å²) < 4.78 is 5.31. The zero-order chi connectivity index (χ0) is 26.6. The van der Waals surface area contributed by atoms with Crippen LogP contribution in [0.25, 0.3) is 22.3 Å². The van der Waals surface area contributed by atoms with E-state index in [1.54, 1.807) is 31.2 Å². The van der Waals surface area contributed by atoms with Gasteiger partial charge < -0.3 is 10.1 Å². The maximum atomic E-state index is 13.1. The first-order chi connectivity index (χ1) is 18.5. The van der Waals surface area contributed by atoms with Crippen molar-refractivity contribution in [3.8, 4) is 22.3 Å². The number of nitrogens with one attached hydrogen (secondary N) is 1. The third kappa shape index (κ3) is 4.99. The Morgan fingerprint density at radius 1 is 0.842 bits per heavy atom. The first-order valence-electron chi connectivity index (χ1n) is 12.2. The Morgan fingerprint density at radius 2 is 1.45 bits per heavy atom. The molecule has 1 aromatic heterocycles. The molecule has 0 aliphatic carbocycles. The molecule has 38 heavy (non-hydrogen) atoms. The van der Waals surface area contributed by atoms with Crippen LogP contribution in [0.15, 0.2) is 84.2 Å². The Labute approximate surface area is 223 Å². The van der Waals surface area contributed by atoms with Gasteiger partial charge in [-0.3, -0.25) is 19.3 Å². The summed E-state index contributed by atoms with van der Waals surface area (Å²) in [5.41, 5.74) is 4.69. The molecule has 5 rings (SSSR count). The van der Waals surface area contributed by atoms with E-state index >= 15 is 0 Å². The lowest BCUT2D eigenvalue weighted by Gasteiger charge is -2.14. The highest BCUT2D eigenvalue weighted by molar-refractivity contribution is 7.15. The fraction of sp³-hybridized carbons (Fsp3) is 0.133. The predicted molar refractivity (Wildman–Crippen MR) is 147 cm³/mol. The van der Waals surface area contributed by atoms with Crippen LogP contribution in [-0.4, -0.2) is 30.3 Å². The van der Waals surface area contributed by atoms with Crippen molar-refractivity contribution < 1.29 is 23.9 Å². The predicted octanol–water partition coefficient (Wildman–Crippen LogP) is 6.16. The smallest absolute Gasteiger partial charge is 0.341 e. The summed E-state index contributed by atoms with van der Waals surface area (Å²) in [7, 11) is 0. The number of ether oxygens (including phenoxy) is 1. The van der Waals surface area contributed by atoms with Crippen LogP contribution in [0.3, 0.4) is 0 Å². The molecule has 2 heterocycles. The molecule has 1 aliphatic heterocycles. The second-order valence-corrected chi connectivity index (χ2v) is 9.52. The average Bonchev–Trinajstić information content (AvgIpc) is 3.51. The molecule has 4 aromatic rings. The number of carbonyl (C=O) groups excluding carboxylic acids is 4. The number of hydrogen-bond acceptors (Lipinski definition) is 6. The molecule has 0 spiro atoms. The molecular formula is C30H24N2O5S. The standard InChI is InChI=1S/C30H24N2O5S/c1-2-37-30(36)27-24(21-10-8-20(9-11-21)19-6-4-3-5-7-19)18-38-29(27)31-28(35)22-12-14-23(15-13-22)32-25(33)16-17-26(32)34/h3-15,18H,2,16-17H2,1H3,(H,31,35). The van der Waals surface area contributed by atoms with Gasteiger partial charge in [0.05, 0.1) is 12.3 Å². The molecule has 190 valence electrons. The van der Waals surface area contributed by atoms with Crippen LogP contribution in [0, 0.1) is 0 Å². The lowest BCUT2D eigenvalue weighted by Crippen LogP contribution is -2.28. The number of benzene rings is 3. The number of amides is 3. The number of esters is 1. The van der Waals surface area contributed by atoms with Crippen LogP contribution in [0.2, 0.25) is 0 Å². The summed E-state index contributed by atoms with van der Waals surface area (Å²) in [6.07, 6.45) is 0.376. The second-order valence-electron chi connectivity index (χ2n) is 8.64. The molecule has 0 saturated carbocycles. The molecule has 1 fully saturated rings. The van der Waals surface area contributed by atoms with Crippen molar-refractivity contribution in [2.24, 2.45) is 0 Å². The van der Waals surface area contributed by atoms with E-state index in [0.29, 0.717) is 27.4 Å². The summed E-state index contributed by atoms with van der Waals surface area (Å²) in [5, 5.41) is 5.04. The van der Waals surface area contributed by atoms with Crippen LogP contribution in [0.5, 0.6) is 0 Å². The molecule has 1 saturated heterocycles. The fourth-order valence-electron chi connectivity index (χ4n) is 4.34. The van der Waals surface area contributed by atoms with Crippen molar-refractivity contribution in [2.45, 2.75) is 19.8 Å². The number of hydrogen-bond donors (Lipinski definition) is 1. The van der Waals surface area contributed by atoms with E-state index in [9.17, 15) is 19.2 Å². The van der Waals surface area contributed by atoms with Gasteiger partial charge in [0.25, 0.3) is 5.91 Å². The Balaban J connectivity index is 1.40. The van der Waals surface area contributed by atoms with Gasteiger partial charge in [0, 0.05) is 29.3 Å². The van der Waals surface area contributed by atoms with Crippen LogP contribution in [0.1, 0.15) is 40.5 Å². The van der Waals surface area contributed by atoms with E-state index in [-0.39, 0.29) is 31.3 Å². The minimum Gasteiger partial charge on any atom is -0.462 e. The summed E-state index contributed by atoms with van der Waals surface area (Å²) in [5.74, 6) is -1.45. The molecule has 1 aliphatic rings. The maximum Gasteiger partial charge on any atom is 0.341 e. The Hall–Kier alpha value is -4.56. The zero-order valence-electron chi connectivity index (χ0n) is 20.6. The summed E-state index contributed by atoms with van der Waals surface area (Å²) >= 11 is 1.24. The van der Waals surface area contributed by atoms with Crippen molar-refractivity contribution in [1.82, 2.24) is 0 Å². The Morgan fingerprint density at radius 3 is 2.08 bits per heavy atom. The van der Waals surface area contributed by atoms with Gasteiger partial charge in [0.15, 0.2) is 0 Å². The quantitative estimate of drug-likeness (QED) is 0.231. The van der Waals surface area contributed by atoms with E-state index in [4.69, 9.17) is 4.74 Å². The summed E-state index contributed by atoms with van der Waals surface area (Å²) in [6.45, 7) is 1.93. The van der Waals surface area contributed by atoms with E-state index in [0.717, 1.165) is 21.6 Å². The Bertz CT molecular complexity index is 1490. The third-order valence-corrected chi connectivity index (χ3v) is 7.14. The average molecular weight is 525 g/mol. The number of nitrogens with zero attached hydrogens (tertiary/aromatic N) is 1. The van der Waals surface area contributed by atoms with Crippen LogP contribution in [0.4, 0.5) is 10.7 Å². The molecule has 0 unspecified atom stereocenters. The van der Waals surface area contributed by atoms with Crippen molar-refractivity contribution in [3.05, 3.63) is 95.4 Å². The topological polar surface area (TPSA) is 92.8 Å². The maximum absolute atomic E-state index is 13.1.